The Morgan fingerprint density at radius 2 is 2.24 bits per heavy atom. The number of aryl methyl sites for hydroxylation is 1. The maximum absolute atomic E-state index is 11.7. The van der Waals surface area contributed by atoms with Crippen molar-refractivity contribution in [3.8, 4) is 0 Å². The van der Waals surface area contributed by atoms with Crippen LogP contribution in [0, 0.1) is 0 Å². The van der Waals surface area contributed by atoms with Crippen LogP contribution in [0.2, 0.25) is 0 Å². The number of carbonyl (C=O) groups excluding carboxylic acids is 1. The number of hydrogen-bond acceptors (Lipinski definition) is 4. The number of urea groups is 1. The number of carbonyl (C=O) groups is 1. The monoisotopic (exact) mass is 261 g/mol. The number of amides is 2. The van der Waals surface area contributed by atoms with E-state index in [1.165, 1.54) is 6.20 Å². The van der Waals surface area contributed by atoms with Crippen LogP contribution in [-0.2, 0) is 16.4 Å². The minimum Gasteiger partial charge on any atom is -0.352 e. The standard InChI is InChI=1S/C8H15N5O3S/c1-2-6-11-5-7(13-6)17(15,16)12-4-3-10-8(9)14/h5,12H,2-4H2,1H3,(H,11,13)(H3,9,10,14). The highest BCUT2D eigenvalue weighted by atomic mass is 32.2. The molecule has 1 aromatic heterocycles. The summed E-state index contributed by atoms with van der Waals surface area (Å²) in [6.07, 6.45) is 1.88. The fourth-order valence-corrected chi connectivity index (χ4v) is 2.08. The minimum atomic E-state index is -3.61. The zero-order chi connectivity index (χ0) is 12.9. The van der Waals surface area contributed by atoms with Gasteiger partial charge in [-0.2, -0.15) is 0 Å². The molecule has 1 rings (SSSR count). The van der Waals surface area contributed by atoms with Crippen LogP contribution < -0.4 is 15.8 Å². The number of rotatable bonds is 6. The van der Waals surface area contributed by atoms with E-state index in [-0.39, 0.29) is 18.1 Å². The van der Waals surface area contributed by atoms with Crippen LogP contribution in [-0.4, -0.2) is 37.5 Å². The quantitative estimate of drug-likeness (QED) is 0.485. The van der Waals surface area contributed by atoms with Crippen molar-refractivity contribution in [2.24, 2.45) is 5.73 Å². The third-order valence-electron chi connectivity index (χ3n) is 1.95. The average Bonchev–Trinajstić information content (AvgIpc) is 2.73. The Morgan fingerprint density at radius 1 is 1.53 bits per heavy atom. The predicted octanol–water partition coefficient (Wildman–Crippen LogP) is -1.08. The lowest BCUT2D eigenvalue weighted by Gasteiger charge is -2.04. The summed E-state index contributed by atoms with van der Waals surface area (Å²) in [5.74, 6) is 0.598. The van der Waals surface area contributed by atoms with Gasteiger partial charge in [0.2, 0.25) is 0 Å². The second-order valence-corrected chi connectivity index (χ2v) is 4.97. The Labute approximate surface area is 99.0 Å². The molecule has 0 atom stereocenters. The number of nitrogens with two attached hydrogens (primary N) is 1. The molecule has 8 nitrogen and oxygen atoms in total. The van der Waals surface area contributed by atoms with Crippen LogP contribution in [0.15, 0.2) is 11.2 Å². The molecule has 0 unspecified atom stereocenters. The molecular weight excluding hydrogens is 246 g/mol. The maximum atomic E-state index is 11.7. The van der Waals surface area contributed by atoms with E-state index in [0.717, 1.165) is 0 Å². The number of sulfonamides is 1. The van der Waals surface area contributed by atoms with E-state index in [0.29, 0.717) is 12.2 Å². The van der Waals surface area contributed by atoms with Gasteiger partial charge in [-0.1, -0.05) is 6.92 Å². The largest absolute Gasteiger partial charge is 0.352 e. The molecule has 1 aromatic rings. The smallest absolute Gasteiger partial charge is 0.312 e. The zero-order valence-corrected chi connectivity index (χ0v) is 10.2. The Morgan fingerprint density at radius 3 is 2.76 bits per heavy atom. The van der Waals surface area contributed by atoms with Crippen molar-refractivity contribution in [2.75, 3.05) is 13.1 Å². The fraction of sp³-hybridized carbons (Fsp3) is 0.500. The van der Waals surface area contributed by atoms with E-state index < -0.39 is 16.1 Å². The lowest BCUT2D eigenvalue weighted by Crippen LogP contribution is -2.37. The second kappa shape index (κ2) is 5.64. The van der Waals surface area contributed by atoms with Gasteiger partial charge in [0.25, 0.3) is 10.0 Å². The van der Waals surface area contributed by atoms with Gasteiger partial charge >= 0.3 is 6.03 Å². The normalized spacial score (nSPS) is 11.4. The van der Waals surface area contributed by atoms with E-state index in [9.17, 15) is 13.2 Å². The molecule has 0 radical (unpaired) electrons. The summed E-state index contributed by atoms with van der Waals surface area (Å²) in [7, 11) is -3.61. The van der Waals surface area contributed by atoms with Crippen molar-refractivity contribution in [3.63, 3.8) is 0 Å². The second-order valence-electron chi connectivity index (χ2n) is 3.24. The lowest BCUT2D eigenvalue weighted by molar-refractivity contribution is 0.249. The van der Waals surface area contributed by atoms with E-state index in [4.69, 9.17) is 5.73 Å². The predicted molar refractivity (Wildman–Crippen MR) is 60.7 cm³/mol. The molecule has 96 valence electrons. The number of nitrogens with one attached hydrogen (secondary N) is 3. The summed E-state index contributed by atoms with van der Waals surface area (Å²) >= 11 is 0. The molecule has 5 N–H and O–H groups in total. The summed E-state index contributed by atoms with van der Waals surface area (Å²) in [5.41, 5.74) is 4.83. The molecule has 17 heavy (non-hydrogen) atoms. The Kier molecular flexibility index (Phi) is 4.46. The lowest BCUT2D eigenvalue weighted by atomic mass is 10.5. The molecule has 9 heteroatoms. The molecule has 0 aliphatic carbocycles. The van der Waals surface area contributed by atoms with Gasteiger partial charge in [0.15, 0.2) is 5.03 Å². The molecule has 0 aliphatic heterocycles. The highest BCUT2D eigenvalue weighted by Gasteiger charge is 2.15. The van der Waals surface area contributed by atoms with E-state index >= 15 is 0 Å². The number of aromatic amines is 1. The molecule has 0 spiro atoms. The first-order chi connectivity index (χ1) is 7.95. The van der Waals surface area contributed by atoms with Crippen LogP contribution in [0.1, 0.15) is 12.7 Å². The minimum absolute atomic E-state index is 0.00780. The van der Waals surface area contributed by atoms with Crippen molar-refractivity contribution in [3.05, 3.63) is 12.0 Å². The molecule has 0 fully saturated rings. The van der Waals surface area contributed by atoms with Crippen molar-refractivity contribution in [1.29, 1.82) is 0 Å². The number of aromatic nitrogens is 2. The van der Waals surface area contributed by atoms with Gasteiger partial charge in [-0.25, -0.2) is 22.9 Å². The topological polar surface area (TPSA) is 130 Å². The highest BCUT2D eigenvalue weighted by molar-refractivity contribution is 7.89. The van der Waals surface area contributed by atoms with Crippen molar-refractivity contribution >= 4 is 16.1 Å². The highest BCUT2D eigenvalue weighted by Crippen LogP contribution is 2.04. The van der Waals surface area contributed by atoms with Gasteiger partial charge in [0.1, 0.15) is 5.82 Å². The number of H-pyrrole nitrogens is 1. The Balaban J connectivity index is 2.53. The number of nitrogens with zero attached hydrogens (tertiary/aromatic N) is 1. The van der Waals surface area contributed by atoms with Gasteiger partial charge in [0.05, 0.1) is 6.20 Å². The summed E-state index contributed by atoms with van der Waals surface area (Å²) in [4.78, 5) is 16.9. The molecular formula is C8H15N5O3S. The van der Waals surface area contributed by atoms with Crippen molar-refractivity contribution in [2.45, 2.75) is 18.4 Å². The molecule has 0 bridgehead atoms. The maximum Gasteiger partial charge on any atom is 0.312 e. The van der Waals surface area contributed by atoms with Gasteiger partial charge in [-0.3, -0.25) is 0 Å². The van der Waals surface area contributed by atoms with Gasteiger partial charge in [0, 0.05) is 19.5 Å². The van der Waals surface area contributed by atoms with E-state index in [2.05, 4.69) is 20.0 Å². The van der Waals surface area contributed by atoms with Crippen LogP contribution >= 0.6 is 0 Å². The third-order valence-corrected chi connectivity index (χ3v) is 3.32. The fourth-order valence-electron chi connectivity index (χ4n) is 1.11. The van der Waals surface area contributed by atoms with Gasteiger partial charge in [-0.05, 0) is 0 Å². The molecule has 0 aromatic carbocycles. The summed E-state index contributed by atoms with van der Waals surface area (Å²) in [6, 6.07) is -0.695. The number of imidazole rings is 1. The summed E-state index contributed by atoms with van der Waals surface area (Å²) < 4.78 is 25.7. The molecule has 2 amide bonds. The van der Waals surface area contributed by atoms with Gasteiger partial charge in [-0.15, -0.1) is 0 Å². The van der Waals surface area contributed by atoms with Crippen LogP contribution in [0.3, 0.4) is 0 Å². The molecule has 0 saturated heterocycles. The van der Waals surface area contributed by atoms with E-state index in [1.54, 1.807) is 0 Å². The first-order valence-electron chi connectivity index (χ1n) is 5.02. The summed E-state index contributed by atoms with van der Waals surface area (Å²) in [6.45, 7) is 2.05. The molecule has 0 saturated carbocycles. The molecule has 1 heterocycles. The first-order valence-corrected chi connectivity index (χ1v) is 6.51. The Bertz CT molecular complexity index is 481. The first kappa shape index (κ1) is 13.5. The van der Waals surface area contributed by atoms with Crippen LogP contribution in [0.4, 0.5) is 4.79 Å². The summed E-state index contributed by atoms with van der Waals surface area (Å²) in [5, 5.41) is 2.28. The van der Waals surface area contributed by atoms with Crippen molar-refractivity contribution in [1.82, 2.24) is 20.0 Å². The average molecular weight is 261 g/mol. The van der Waals surface area contributed by atoms with Gasteiger partial charge < -0.3 is 16.0 Å². The SMILES string of the molecule is CCc1ncc(S(=O)(=O)NCCNC(N)=O)[nH]1. The van der Waals surface area contributed by atoms with E-state index in [1.807, 2.05) is 6.92 Å². The van der Waals surface area contributed by atoms with Crippen molar-refractivity contribution < 1.29 is 13.2 Å². The number of hydrogen-bond donors (Lipinski definition) is 4. The third kappa shape index (κ3) is 4.04. The number of primary amides is 1. The zero-order valence-electron chi connectivity index (χ0n) is 9.36. The molecule has 0 aliphatic rings. The Hall–Kier alpha value is -1.61. The van der Waals surface area contributed by atoms with Crippen LogP contribution in [0.5, 0.6) is 0 Å². The van der Waals surface area contributed by atoms with Crippen LogP contribution in [0.25, 0.3) is 0 Å².